The van der Waals surface area contributed by atoms with Crippen molar-refractivity contribution >= 4 is 36.4 Å². The van der Waals surface area contributed by atoms with Crippen molar-refractivity contribution in [2.24, 2.45) is 5.92 Å². The van der Waals surface area contributed by atoms with E-state index in [1.54, 1.807) is 0 Å². The lowest BCUT2D eigenvalue weighted by Crippen LogP contribution is -2.35. The van der Waals surface area contributed by atoms with Gasteiger partial charge >= 0.3 is 0 Å². The molecule has 1 aliphatic carbocycles. The molecule has 0 spiro atoms. The molecule has 2 fully saturated rings. The van der Waals surface area contributed by atoms with Crippen LogP contribution in [0.5, 0.6) is 0 Å². The number of para-hydroxylation sites is 1. The summed E-state index contributed by atoms with van der Waals surface area (Å²) in [4.78, 5) is 14.4. The molecule has 4 nitrogen and oxygen atoms in total. The van der Waals surface area contributed by atoms with Crippen molar-refractivity contribution in [1.29, 1.82) is 0 Å². The van der Waals surface area contributed by atoms with E-state index in [1.807, 2.05) is 30.3 Å². The van der Waals surface area contributed by atoms with Crippen molar-refractivity contribution in [1.82, 2.24) is 10.2 Å². The maximum Gasteiger partial charge on any atom is 0.239 e. The Balaban J connectivity index is 0.00000121. The lowest BCUT2D eigenvalue weighted by molar-refractivity contribution is -0.119. The van der Waals surface area contributed by atoms with E-state index in [0.717, 1.165) is 24.8 Å². The van der Waals surface area contributed by atoms with Crippen LogP contribution in [-0.4, -0.2) is 43.0 Å². The summed E-state index contributed by atoms with van der Waals surface area (Å²) in [5.74, 6) is 0.718. The van der Waals surface area contributed by atoms with Crippen molar-refractivity contribution in [3.63, 3.8) is 0 Å². The molecule has 1 aromatic rings. The van der Waals surface area contributed by atoms with E-state index < -0.39 is 0 Å². The first-order valence-corrected chi connectivity index (χ1v) is 7.61. The van der Waals surface area contributed by atoms with Gasteiger partial charge in [0.05, 0.1) is 6.54 Å². The van der Waals surface area contributed by atoms with Crippen molar-refractivity contribution in [3.8, 4) is 0 Å². The predicted molar refractivity (Wildman–Crippen MR) is 95.1 cm³/mol. The van der Waals surface area contributed by atoms with Crippen molar-refractivity contribution in [3.05, 3.63) is 30.3 Å². The monoisotopic (exact) mass is 345 g/mol. The number of hydrogen-bond acceptors (Lipinski definition) is 3. The van der Waals surface area contributed by atoms with E-state index in [2.05, 4.69) is 15.5 Å². The molecule has 1 atom stereocenters. The summed E-state index contributed by atoms with van der Waals surface area (Å²) in [6.07, 6.45) is 3.98. The fourth-order valence-electron chi connectivity index (χ4n) is 2.86. The second-order valence-electron chi connectivity index (χ2n) is 5.90. The Labute approximate surface area is 144 Å². The Hall–Kier alpha value is -0.970. The average molecular weight is 346 g/mol. The van der Waals surface area contributed by atoms with E-state index >= 15 is 0 Å². The van der Waals surface area contributed by atoms with Crippen LogP contribution in [0.25, 0.3) is 0 Å². The quantitative estimate of drug-likeness (QED) is 0.832. The topological polar surface area (TPSA) is 44.4 Å². The van der Waals surface area contributed by atoms with Gasteiger partial charge in [0, 0.05) is 24.8 Å². The first-order valence-electron chi connectivity index (χ1n) is 7.61. The van der Waals surface area contributed by atoms with Crippen LogP contribution in [0.3, 0.4) is 0 Å². The van der Waals surface area contributed by atoms with Crippen LogP contribution >= 0.6 is 24.8 Å². The third-order valence-electron chi connectivity index (χ3n) is 4.20. The van der Waals surface area contributed by atoms with Crippen LogP contribution in [0.1, 0.15) is 19.3 Å². The lowest BCUT2D eigenvalue weighted by Gasteiger charge is -2.15. The normalized spacial score (nSPS) is 20.6. The number of carbonyl (C=O) groups excluding carboxylic acids is 1. The van der Waals surface area contributed by atoms with Gasteiger partial charge in [-0.2, -0.15) is 0 Å². The highest BCUT2D eigenvalue weighted by molar-refractivity contribution is 5.85. The van der Waals surface area contributed by atoms with Gasteiger partial charge in [-0.05, 0) is 43.9 Å². The van der Waals surface area contributed by atoms with Crippen LogP contribution in [0.2, 0.25) is 0 Å². The summed E-state index contributed by atoms with van der Waals surface area (Å²) < 4.78 is 0. The van der Waals surface area contributed by atoms with E-state index in [1.165, 1.54) is 25.8 Å². The number of nitrogens with zero attached hydrogens (tertiary/aromatic N) is 1. The number of halogens is 2. The summed E-state index contributed by atoms with van der Waals surface area (Å²) in [6.45, 7) is 3.55. The Morgan fingerprint density at radius 2 is 1.86 bits per heavy atom. The fourth-order valence-corrected chi connectivity index (χ4v) is 2.86. The highest BCUT2D eigenvalue weighted by atomic mass is 35.5. The van der Waals surface area contributed by atoms with Gasteiger partial charge in [-0.1, -0.05) is 18.2 Å². The zero-order valence-electron chi connectivity index (χ0n) is 12.7. The number of benzene rings is 1. The highest BCUT2D eigenvalue weighted by Gasteiger charge is 2.34. The Bertz CT molecular complexity index is 454. The van der Waals surface area contributed by atoms with E-state index in [9.17, 15) is 4.79 Å². The molecule has 1 unspecified atom stereocenters. The summed E-state index contributed by atoms with van der Waals surface area (Å²) >= 11 is 0. The zero-order chi connectivity index (χ0) is 13.8. The molecule has 6 heteroatoms. The number of hydrogen-bond donors (Lipinski definition) is 2. The Kier molecular flexibility index (Phi) is 8.01. The number of carbonyl (C=O) groups is 1. The number of likely N-dealkylation sites (tertiary alicyclic amines) is 1. The minimum Gasteiger partial charge on any atom is -0.376 e. The van der Waals surface area contributed by atoms with Gasteiger partial charge in [0.25, 0.3) is 0 Å². The van der Waals surface area contributed by atoms with Crippen LogP contribution in [0.15, 0.2) is 30.3 Å². The van der Waals surface area contributed by atoms with E-state index in [4.69, 9.17) is 0 Å². The van der Waals surface area contributed by atoms with Crippen LogP contribution in [0.4, 0.5) is 5.69 Å². The molecule has 0 radical (unpaired) electrons. The van der Waals surface area contributed by atoms with Crippen LogP contribution in [-0.2, 0) is 4.79 Å². The lowest BCUT2D eigenvalue weighted by atomic mass is 10.1. The van der Waals surface area contributed by atoms with Gasteiger partial charge in [-0.3, -0.25) is 4.79 Å². The molecule has 2 aliphatic rings. The maximum absolute atomic E-state index is 11.8. The van der Waals surface area contributed by atoms with Crippen LogP contribution < -0.4 is 10.6 Å². The third kappa shape index (κ3) is 5.67. The maximum atomic E-state index is 11.8. The second-order valence-corrected chi connectivity index (χ2v) is 5.90. The molecule has 1 saturated heterocycles. The predicted octanol–water partition coefficient (Wildman–Crippen LogP) is 2.54. The number of rotatable bonds is 6. The number of amides is 1. The molecule has 0 aromatic heterocycles. The molecule has 1 aliphatic heterocycles. The minimum atomic E-state index is 0. The highest BCUT2D eigenvalue weighted by Crippen LogP contribution is 2.31. The first kappa shape index (κ1) is 19.1. The first-order chi connectivity index (χ1) is 9.81. The molecule has 2 N–H and O–H groups in total. The Morgan fingerprint density at radius 1 is 1.14 bits per heavy atom. The molecular weight excluding hydrogens is 321 g/mol. The molecular formula is C16H25Cl2N3O. The molecule has 3 rings (SSSR count). The molecule has 1 heterocycles. The van der Waals surface area contributed by atoms with Crippen molar-refractivity contribution < 1.29 is 4.79 Å². The van der Waals surface area contributed by atoms with Gasteiger partial charge in [0.1, 0.15) is 0 Å². The molecule has 0 bridgehead atoms. The van der Waals surface area contributed by atoms with Gasteiger partial charge in [0.15, 0.2) is 0 Å². The van der Waals surface area contributed by atoms with Gasteiger partial charge < -0.3 is 15.5 Å². The van der Waals surface area contributed by atoms with Crippen molar-refractivity contribution in [2.45, 2.75) is 25.3 Å². The van der Waals surface area contributed by atoms with Gasteiger partial charge in [-0.15, -0.1) is 24.8 Å². The molecule has 1 aromatic carbocycles. The van der Waals surface area contributed by atoms with E-state index in [-0.39, 0.29) is 30.7 Å². The Morgan fingerprint density at radius 3 is 2.55 bits per heavy atom. The fraction of sp³-hybridized carbons (Fsp3) is 0.562. The zero-order valence-corrected chi connectivity index (χ0v) is 14.3. The van der Waals surface area contributed by atoms with Gasteiger partial charge in [-0.25, -0.2) is 0 Å². The molecule has 22 heavy (non-hydrogen) atoms. The smallest absolute Gasteiger partial charge is 0.239 e. The third-order valence-corrected chi connectivity index (χ3v) is 4.20. The summed E-state index contributed by atoms with van der Waals surface area (Å²) in [6, 6.07) is 10.7. The summed E-state index contributed by atoms with van der Waals surface area (Å²) in [7, 11) is 0. The van der Waals surface area contributed by atoms with E-state index in [0.29, 0.717) is 12.5 Å². The standard InChI is InChI=1S/C16H23N3O.2ClH/c20-16(11-17-14-4-2-1-3-5-14)18-10-13-8-9-19(12-13)15-6-7-15;;/h1-5,13,15,17H,6-12H2,(H,18,20);2*1H. The molecule has 1 saturated carbocycles. The summed E-state index contributed by atoms with van der Waals surface area (Å²) in [5, 5.41) is 6.18. The van der Waals surface area contributed by atoms with Crippen LogP contribution in [0, 0.1) is 5.92 Å². The SMILES string of the molecule is Cl.Cl.O=C(CNc1ccccc1)NCC1CCN(C2CC2)C1. The minimum absolute atomic E-state index is 0. The largest absolute Gasteiger partial charge is 0.376 e. The number of anilines is 1. The molecule has 124 valence electrons. The number of nitrogens with one attached hydrogen (secondary N) is 2. The molecule has 1 amide bonds. The van der Waals surface area contributed by atoms with Crippen molar-refractivity contribution in [2.75, 3.05) is 31.5 Å². The second kappa shape index (κ2) is 9.23. The average Bonchev–Trinajstić information content (AvgIpc) is 3.23. The summed E-state index contributed by atoms with van der Waals surface area (Å²) in [5.41, 5.74) is 0.989. The van der Waals surface area contributed by atoms with Gasteiger partial charge in [0.2, 0.25) is 5.91 Å².